The summed E-state index contributed by atoms with van der Waals surface area (Å²) < 4.78 is 27.2. The summed E-state index contributed by atoms with van der Waals surface area (Å²) in [6.45, 7) is 2.04. The Bertz CT molecular complexity index is 1030. The minimum Gasteiger partial charge on any atom is -0.273 e. The van der Waals surface area contributed by atoms with Crippen LogP contribution in [-0.4, -0.2) is 25.2 Å². The van der Waals surface area contributed by atoms with Crippen LogP contribution in [0, 0.1) is 18.8 Å². The Hall–Kier alpha value is -2.84. The lowest BCUT2D eigenvalue weighted by molar-refractivity contribution is -0.125. The van der Waals surface area contributed by atoms with Crippen LogP contribution in [-0.2, 0) is 21.2 Å². The number of nitrogens with zero attached hydrogens (tertiary/aromatic N) is 1. The molecule has 0 N–H and O–H groups in total. The summed E-state index contributed by atoms with van der Waals surface area (Å²) in [5.74, 6) is 5.57. The zero-order valence-electron chi connectivity index (χ0n) is 15.2. The van der Waals surface area contributed by atoms with Crippen molar-refractivity contribution in [3.05, 3.63) is 77.4 Å². The summed E-state index contributed by atoms with van der Waals surface area (Å²) >= 11 is 0. The zero-order valence-corrected chi connectivity index (χ0v) is 16.0. The molecule has 2 aromatic rings. The molecule has 4 nitrogen and oxygen atoms in total. The molecule has 0 saturated carbocycles. The lowest BCUT2D eigenvalue weighted by Crippen LogP contribution is -2.38. The molecule has 2 aromatic carbocycles. The van der Waals surface area contributed by atoms with Gasteiger partial charge in [-0.25, -0.2) is 12.7 Å². The molecule has 138 valence electrons. The molecule has 0 spiro atoms. The number of aryl methyl sites for hydroxylation is 1. The summed E-state index contributed by atoms with van der Waals surface area (Å²) in [4.78, 5) is 13.1. The van der Waals surface area contributed by atoms with Gasteiger partial charge in [0.25, 0.3) is 10.0 Å². The SMILES string of the molecule is Cc1ccc(S(=O)(=O)N2CCC/C=C\C#Cc3ccccc3CC2=O)cc1. The minimum absolute atomic E-state index is 0.000338. The number of carbonyl (C=O) groups is 1. The average Bonchev–Trinajstić information content (AvgIpc) is 2.64. The van der Waals surface area contributed by atoms with Crippen LogP contribution in [0.15, 0.2) is 65.6 Å². The molecule has 0 aromatic heterocycles. The first-order valence-corrected chi connectivity index (χ1v) is 10.3. The van der Waals surface area contributed by atoms with E-state index in [9.17, 15) is 13.2 Å². The fourth-order valence-electron chi connectivity index (χ4n) is 2.88. The number of fused-ring (bicyclic) bond motifs is 1. The number of carbonyl (C=O) groups excluding carboxylic acids is 1. The number of rotatable bonds is 2. The summed E-state index contributed by atoms with van der Waals surface area (Å²) in [5, 5.41) is 0. The standard InChI is InChI=1S/C22H21NO3S/c1-18-12-14-21(15-13-18)27(25,26)23-16-8-4-2-3-5-9-19-10-6-7-11-20(19)17-22(23)24/h2-3,6-7,10-15H,4,8,16-17H2,1H3/b3-2-. The van der Waals surface area contributed by atoms with Gasteiger partial charge >= 0.3 is 0 Å². The summed E-state index contributed by atoms with van der Waals surface area (Å²) in [6, 6.07) is 13.9. The first-order valence-electron chi connectivity index (χ1n) is 8.85. The fourth-order valence-corrected chi connectivity index (χ4v) is 4.31. The topological polar surface area (TPSA) is 54.5 Å². The van der Waals surface area contributed by atoms with Gasteiger partial charge in [0.15, 0.2) is 0 Å². The summed E-state index contributed by atoms with van der Waals surface area (Å²) in [7, 11) is -3.90. The van der Waals surface area contributed by atoms with Crippen LogP contribution in [0.3, 0.4) is 0 Å². The quantitative estimate of drug-likeness (QED) is 0.751. The van der Waals surface area contributed by atoms with E-state index in [-0.39, 0.29) is 17.9 Å². The molecule has 0 saturated heterocycles. The Morgan fingerprint density at radius 3 is 2.56 bits per heavy atom. The van der Waals surface area contributed by atoms with Crippen LogP contribution in [0.25, 0.3) is 0 Å². The maximum Gasteiger partial charge on any atom is 0.266 e. The molecule has 1 amide bonds. The van der Waals surface area contributed by atoms with Crippen molar-refractivity contribution in [1.82, 2.24) is 4.31 Å². The van der Waals surface area contributed by atoms with Crippen molar-refractivity contribution in [3.8, 4) is 11.8 Å². The van der Waals surface area contributed by atoms with E-state index >= 15 is 0 Å². The monoisotopic (exact) mass is 379 g/mol. The smallest absolute Gasteiger partial charge is 0.266 e. The highest BCUT2D eigenvalue weighted by molar-refractivity contribution is 7.89. The van der Waals surface area contributed by atoms with Crippen LogP contribution >= 0.6 is 0 Å². The van der Waals surface area contributed by atoms with Crippen molar-refractivity contribution in [2.45, 2.75) is 31.1 Å². The van der Waals surface area contributed by atoms with Crippen molar-refractivity contribution in [1.29, 1.82) is 0 Å². The van der Waals surface area contributed by atoms with Crippen molar-refractivity contribution < 1.29 is 13.2 Å². The number of hydrogen-bond acceptors (Lipinski definition) is 3. The Balaban J connectivity index is 1.99. The van der Waals surface area contributed by atoms with Gasteiger partial charge in [-0.2, -0.15) is 0 Å². The fraction of sp³-hybridized carbons (Fsp3) is 0.227. The van der Waals surface area contributed by atoms with Crippen LogP contribution in [0.5, 0.6) is 0 Å². The van der Waals surface area contributed by atoms with Gasteiger partial charge < -0.3 is 0 Å². The molecule has 1 heterocycles. The lowest BCUT2D eigenvalue weighted by Gasteiger charge is -2.23. The summed E-state index contributed by atoms with van der Waals surface area (Å²) in [5.41, 5.74) is 2.43. The van der Waals surface area contributed by atoms with Crippen LogP contribution in [0.1, 0.15) is 29.5 Å². The van der Waals surface area contributed by atoms with E-state index < -0.39 is 15.9 Å². The maximum absolute atomic E-state index is 13.1. The van der Waals surface area contributed by atoms with E-state index in [0.29, 0.717) is 12.8 Å². The Morgan fingerprint density at radius 2 is 1.78 bits per heavy atom. The molecule has 0 fully saturated rings. The van der Waals surface area contributed by atoms with Crippen LogP contribution in [0.4, 0.5) is 0 Å². The molecule has 1 aliphatic heterocycles. The van der Waals surface area contributed by atoms with E-state index in [1.54, 1.807) is 30.3 Å². The lowest BCUT2D eigenvalue weighted by atomic mass is 10.0. The molecule has 0 radical (unpaired) electrons. The Kier molecular flexibility index (Phi) is 5.78. The molecule has 0 atom stereocenters. The molecule has 3 rings (SSSR count). The highest BCUT2D eigenvalue weighted by Crippen LogP contribution is 2.20. The molecule has 5 heteroatoms. The van der Waals surface area contributed by atoms with Gasteiger partial charge in [0, 0.05) is 12.1 Å². The third-order valence-electron chi connectivity index (χ3n) is 4.39. The number of benzene rings is 2. The molecule has 0 unspecified atom stereocenters. The maximum atomic E-state index is 13.1. The van der Waals surface area contributed by atoms with Gasteiger partial charge in [-0.15, -0.1) is 0 Å². The number of sulfonamides is 1. The van der Waals surface area contributed by atoms with Crippen molar-refractivity contribution >= 4 is 15.9 Å². The van der Waals surface area contributed by atoms with E-state index in [2.05, 4.69) is 11.8 Å². The average molecular weight is 379 g/mol. The first kappa shape index (κ1) is 18.9. The van der Waals surface area contributed by atoms with Gasteiger partial charge in [0.1, 0.15) is 0 Å². The Morgan fingerprint density at radius 1 is 1.04 bits per heavy atom. The number of allylic oxidation sites excluding steroid dienone is 2. The van der Waals surface area contributed by atoms with Crippen LogP contribution in [0.2, 0.25) is 0 Å². The molecule has 27 heavy (non-hydrogen) atoms. The van der Waals surface area contributed by atoms with Crippen molar-refractivity contribution in [3.63, 3.8) is 0 Å². The van der Waals surface area contributed by atoms with Crippen molar-refractivity contribution in [2.75, 3.05) is 6.54 Å². The number of amides is 1. The van der Waals surface area contributed by atoms with E-state index in [1.807, 2.05) is 37.3 Å². The first-order chi connectivity index (χ1) is 13.0. The second kappa shape index (κ2) is 8.24. The third kappa shape index (κ3) is 4.47. The van der Waals surface area contributed by atoms with Gasteiger partial charge in [0.2, 0.25) is 5.91 Å². The van der Waals surface area contributed by atoms with Gasteiger partial charge in [0.05, 0.1) is 11.3 Å². The predicted octanol–water partition coefficient (Wildman–Crippen LogP) is 3.46. The third-order valence-corrected chi connectivity index (χ3v) is 6.22. The normalized spacial score (nSPS) is 16.3. The summed E-state index contributed by atoms with van der Waals surface area (Å²) in [6.07, 6.45) is 4.89. The van der Waals surface area contributed by atoms with E-state index in [4.69, 9.17) is 0 Å². The van der Waals surface area contributed by atoms with Gasteiger partial charge in [-0.05, 0) is 49.6 Å². The zero-order chi connectivity index (χ0) is 19.3. The highest BCUT2D eigenvalue weighted by Gasteiger charge is 2.29. The predicted molar refractivity (Wildman–Crippen MR) is 105 cm³/mol. The molecule has 1 aliphatic rings. The second-order valence-electron chi connectivity index (χ2n) is 6.43. The largest absolute Gasteiger partial charge is 0.273 e. The molecular formula is C22H21NO3S. The van der Waals surface area contributed by atoms with Crippen LogP contribution < -0.4 is 0 Å². The van der Waals surface area contributed by atoms with Gasteiger partial charge in [-0.1, -0.05) is 53.8 Å². The highest BCUT2D eigenvalue weighted by atomic mass is 32.2. The van der Waals surface area contributed by atoms with Gasteiger partial charge in [-0.3, -0.25) is 4.79 Å². The Labute approximate surface area is 160 Å². The van der Waals surface area contributed by atoms with E-state index in [1.165, 1.54) is 0 Å². The van der Waals surface area contributed by atoms with Crippen molar-refractivity contribution in [2.24, 2.45) is 0 Å². The second-order valence-corrected chi connectivity index (χ2v) is 8.29. The minimum atomic E-state index is -3.90. The molecule has 0 bridgehead atoms. The van der Waals surface area contributed by atoms with E-state index in [0.717, 1.165) is 21.0 Å². The molecule has 0 aliphatic carbocycles. The number of hydrogen-bond donors (Lipinski definition) is 0. The molecular weight excluding hydrogens is 358 g/mol.